The molecule has 1 aliphatic rings. The first kappa shape index (κ1) is 16.3. The van der Waals surface area contributed by atoms with E-state index in [-0.39, 0.29) is 5.91 Å². The molecule has 0 N–H and O–H groups in total. The van der Waals surface area contributed by atoms with Crippen molar-refractivity contribution in [2.24, 2.45) is 0 Å². The molecule has 0 atom stereocenters. The summed E-state index contributed by atoms with van der Waals surface area (Å²) in [5.41, 5.74) is 4.92. The molecular formula is C22H21N3O. The number of piperidine rings is 1. The van der Waals surface area contributed by atoms with Gasteiger partial charge in [-0.25, -0.2) is 4.68 Å². The summed E-state index contributed by atoms with van der Waals surface area (Å²) in [6, 6.07) is 19.8. The molecule has 0 saturated carbocycles. The number of hydrogen-bond acceptors (Lipinski definition) is 2. The van der Waals surface area contributed by atoms with Gasteiger partial charge in [-0.15, -0.1) is 0 Å². The summed E-state index contributed by atoms with van der Waals surface area (Å²) in [5, 5.41) is 4.47. The van der Waals surface area contributed by atoms with Crippen molar-refractivity contribution < 1.29 is 4.79 Å². The van der Waals surface area contributed by atoms with Crippen LogP contribution in [-0.4, -0.2) is 33.7 Å². The largest absolute Gasteiger partial charge is 0.338 e. The quantitative estimate of drug-likeness (QED) is 0.664. The van der Waals surface area contributed by atoms with Crippen molar-refractivity contribution in [1.29, 1.82) is 0 Å². The van der Waals surface area contributed by atoms with E-state index in [0.717, 1.165) is 42.9 Å². The first-order chi connectivity index (χ1) is 12.7. The lowest BCUT2D eigenvalue weighted by molar-refractivity contribution is 0.0744. The Labute approximate surface area is 153 Å². The Morgan fingerprint density at radius 3 is 2.50 bits per heavy atom. The van der Waals surface area contributed by atoms with Crippen LogP contribution in [0.4, 0.5) is 0 Å². The molecule has 3 aromatic rings. The number of amides is 1. The van der Waals surface area contributed by atoms with Crippen LogP contribution in [0.15, 0.2) is 79.0 Å². The molecular weight excluding hydrogens is 322 g/mol. The minimum Gasteiger partial charge on any atom is -0.338 e. The van der Waals surface area contributed by atoms with E-state index in [1.165, 1.54) is 5.57 Å². The molecule has 26 heavy (non-hydrogen) atoms. The molecule has 4 nitrogen and oxygen atoms in total. The highest BCUT2D eigenvalue weighted by atomic mass is 16.2. The average molecular weight is 343 g/mol. The summed E-state index contributed by atoms with van der Waals surface area (Å²) < 4.78 is 1.88. The van der Waals surface area contributed by atoms with Crippen molar-refractivity contribution >= 4 is 5.91 Å². The van der Waals surface area contributed by atoms with Gasteiger partial charge in [-0.3, -0.25) is 4.79 Å². The van der Waals surface area contributed by atoms with Crippen molar-refractivity contribution in [1.82, 2.24) is 14.7 Å². The van der Waals surface area contributed by atoms with Gasteiger partial charge in [-0.1, -0.05) is 48.6 Å². The van der Waals surface area contributed by atoms with Crippen molar-refractivity contribution in [3.05, 3.63) is 84.6 Å². The van der Waals surface area contributed by atoms with E-state index >= 15 is 0 Å². The number of nitrogens with zero attached hydrogens (tertiary/aromatic N) is 3. The summed E-state index contributed by atoms with van der Waals surface area (Å²) in [7, 11) is 0. The molecule has 0 aliphatic carbocycles. The minimum absolute atomic E-state index is 0.0766. The SMILES string of the molecule is C=C1CCN(C(=O)c2cccc(-n3nccc3-c3ccccc3)c2)CC1. The highest BCUT2D eigenvalue weighted by Gasteiger charge is 2.20. The molecule has 1 fully saturated rings. The Kier molecular flexibility index (Phi) is 4.40. The molecule has 1 amide bonds. The van der Waals surface area contributed by atoms with Crippen LogP contribution in [0.2, 0.25) is 0 Å². The second kappa shape index (κ2) is 7.00. The molecule has 1 saturated heterocycles. The summed E-state index contributed by atoms with van der Waals surface area (Å²) in [6.45, 7) is 5.52. The lowest BCUT2D eigenvalue weighted by Gasteiger charge is -2.28. The van der Waals surface area contributed by atoms with E-state index in [1.54, 1.807) is 6.20 Å². The van der Waals surface area contributed by atoms with Gasteiger partial charge in [0, 0.05) is 24.2 Å². The Balaban J connectivity index is 1.64. The second-order valence-electron chi connectivity index (χ2n) is 6.59. The van der Waals surface area contributed by atoms with Gasteiger partial charge in [0.05, 0.1) is 17.6 Å². The Morgan fingerprint density at radius 1 is 0.962 bits per heavy atom. The maximum Gasteiger partial charge on any atom is 0.253 e. The number of carbonyl (C=O) groups excluding carboxylic acids is 1. The van der Waals surface area contributed by atoms with Gasteiger partial charge in [0.15, 0.2) is 0 Å². The molecule has 2 aromatic carbocycles. The van der Waals surface area contributed by atoms with E-state index < -0.39 is 0 Å². The standard InChI is InChI=1S/C22H21N3O/c1-17-11-14-24(15-12-17)22(26)19-8-5-9-20(16-19)25-21(10-13-23-25)18-6-3-2-4-7-18/h2-10,13,16H,1,11-12,14-15H2. The maximum atomic E-state index is 12.8. The van der Waals surface area contributed by atoms with E-state index in [4.69, 9.17) is 0 Å². The van der Waals surface area contributed by atoms with Crippen LogP contribution in [0.25, 0.3) is 16.9 Å². The third-order valence-electron chi connectivity index (χ3n) is 4.81. The molecule has 0 radical (unpaired) electrons. The van der Waals surface area contributed by atoms with Crippen LogP contribution in [0.1, 0.15) is 23.2 Å². The number of likely N-dealkylation sites (tertiary alicyclic amines) is 1. The first-order valence-electron chi connectivity index (χ1n) is 8.88. The zero-order valence-corrected chi connectivity index (χ0v) is 14.6. The molecule has 4 heteroatoms. The van der Waals surface area contributed by atoms with Crippen LogP contribution in [0, 0.1) is 0 Å². The Bertz CT molecular complexity index is 933. The summed E-state index contributed by atoms with van der Waals surface area (Å²) in [6.07, 6.45) is 3.57. The van der Waals surface area contributed by atoms with Crippen molar-refractivity contribution in [3.8, 4) is 16.9 Å². The molecule has 0 spiro atoms. The third kappa shape index (κ3) is 3.18. The highest BCUT2D eigenvalue weighted by Crippen LogP contribution is 2.23. The van der Waals surface area contributed by atoms with Gasteiger partial charge in [0.1, 0.15) is 0 Å². The fraction of sp³-hybridized carbons (Fsp3) is 0.182. The number of hydrogen-bond donors (Lipinski definition) is 0. The van der Waals surface area contributed by atoms with Crippen LogP contribution < -0.4 is 0 Å². The fourth-order valence-corrected chi connectivity index (χ4v) is 3.32. The van der Waals surface area contributed by atoms with Crippen molar-refractivity contribution in [2.75, 3.05) is 13.1 Å². The molecule has 0 bridgehead atoms. The van der Waals surface area contributed by atoms with E-state index in [9.17, 15) is 4.79 Å². The Morgan fingerprint density at radius 2 is 1.73 bits per heavy atom. The van der Waals surface area contributed by atoms with Gasteiger partial charge in [0.2, 0.25) is 0 Å². The highest BCUT2D eigenvalue weighted by molar-refractivity contribution is 5.95. The molecule has 130 valence electrons. The van der Waals surface area contributed by atoms with Crippen LogP contribution in [0.5, 0.6) is 0 Å². The predicted octanol–water partition coefficient (Wildman–Crippen LogP) is 4.33. The van der Waals surface area contributed by atoms with Gasteiger partial charge >= 0.3 is 0 Å². The maximum absolute atomic E-state index is 12.8. The van der Waals surface area contributed by atoms with Gasteiger partial charge in [0.25, 0.3) is 5.91 Å². The van der Waals surface area contributed by atoms with Crippen molar-refractivity contribution in [2.45, 2.75) is 12.8 Å². The molecule has 0 unspecified atom stereocenters. The number of rotatable bonds is 3. The van der Waals surface area contributed by atoms with Gasteiger partial charge in [-0.05, 0) is 37.1 Å². The smallest absolute Gasteiger partial charge is 0.253 e. The topological polar surface area (TPSA) is 38.1 Å². The van der Waals surface area contributed by atoms with Gasteiger partial charge < -0.3 is 4.90 Å². The average Bonchev–Trinajstić information content (AvgIpc) is 3.19. The third-order valence-corrected chi connectivity index (χ3v) is 4.81. The zero-order valence-electron chi connectivity index (χ0n) is 14.6. The lowest BCUT2D eigenvalue weighted by Crippen LogP contribution is -2.36. The number of benzene rings is 2. The fourth-order valence-electron chi connectivity index (χ4n) is 3.32. The first-order valence-corrected chi connectivity index (χ1v) is 8.88. The zero-order chi connectivity index (χ0) is 17.9. The predicted molar refractivity (Wildman–Crippen MR) is 103 cm³/mol. The molecule has 1 aromatic heterocycles. The summed E-state index contributed by atoms with van der Waals surface area (Å²) >= 11 is 0. The van der Waals surface area contributed by atoms with E-state index in [0.29, 0.717) is 5.56 Å². The van der Waals surface area contributed by atoms with Crippen LogP contribution in [-0.2, 0) is 0 Å². The number of aromatic nitrogens is 2. The molecule has 2 heterocycles. The van der Waals surface area contributed by atoms with E-state index in [2.05, 4.69) is 23.8 Å². The number of carbonyl (C=O) groups is 1. The summed E-state index contributed by atoms with van der Waals surface area (Å²) in [4.78, 5) is 14.8. The molecule has 4 rings (SSSR count). The van der Waals surface area contributed by atoms with Crippen LogP contribution in [0.3, 0.4) is 0 Å². The van der Waals surface area contributed by atoms with Crippen molar-refractivity contribution in [3.63, 3.8) is 0 Å². The minimum atomic E-state index is 0.0766. The van der Waals surface area contributed by atoms with Crippen LogP contribution >= 0.6 is 0 Å². The molecule has 1 aliphatic heterocycles. The van der Waals surface area contributed by atoms with Gasteiger partial charge in [-0.2, -0.15) is 5.10 Å². The normalized spacial score (nSPS) is 14.5. The van der Waals surface area contributed by atoms with E-state index in [1.807, 2.05) is 58.1 Å². The second-order valence-corrected chi connectivity index (χ2v) is 6.59. The lowest BCUT2D eigenvalue weighted by atomic mass is 10.0. The Hall–Kier alpha value is -3.14. The summed E-state index contributed by atoms with van der Waals surface area (Å²) in [5.74, 6) is 0.0766. The monoisotopic (exact) mass is 343 g/mol.